The molecule has 6 nitrogen and oxygen atoms in total. The third kappa shape index (κ3) is 5.25. The summed E-state index contributed by atoms with van der Waals surface area (Å²) < 4.78 is 7.44. The number of carbonyl (C=O) groups is 1. The summed E-state index contributed by atoms with van der Waals surface area (Å²) in [5, 5.41) is 9.18. The fourth-order valence-electron chi connectivity index (χ4n) is 4.14. The first-order valence-corrected chi connectivity index (χ1v) is 11.5. The van der Waals surface area contributed by atoms with Gasteiger partial charge in [0.05, 0.1) is 30.9 Å². The molecule has 0 radical (unpaired) electrons. The standard InChI is InChI=1S/C29H28N4O2/c1-21-7-11-25(12-8-21)33-22(2)27(18-28(33)24-9-13-26(35-3)14-10-24)29(34)32(17-5-15-30)20-23-6-4-16-31-19-23/h4,6-14,16,18-19H,5,17,20H2,1-3H3. The zero-order valence-electron chi connectivity index (χ0n) is 20.2. The molecule has 2 aromatic heterocycles. The molecule has 0 saturated carbocycles. The Hall–Kier alpha value is -4.37. The van der Waals surface area contributed by atoms with E-state index in [9.17, 15) is 10.1 Å². The first-order chi connectivity index (χ1) is 17.0. The van der Waals surface area contributed by atoms with Crippen LogP contribution >= 0.6 is 0 Å². The predicted octanol–water partition coefficient (Wildman–Crippen LogP) is 5.72. The number of benzene rings is 2. The number of amides is 1. The molecule has 0 fully saturated rings. The van der Waals surface area contributed by atoms with Crippen molar-refractivity contribution in [3.8, 4) is 28.8 Å². The summed E-state index contributed by atoms with van der Waals surface area (Å²) in [4.78, 5) is 19.7. The fraction of sp³-hybridized carbons (Fsp3) is 0.207. The first kappa shape index (κ1) is 23.8. The van der Waals surface area contributed by atoms with Crippen LogP contribution in [0.2, 0.25) is 0 Å². The summed E-state index contributed by atoms with van der Waals surface area (Å²) in [6.07, 6.45) is 3.72. The van der Waals surface area contributed by atoms with E-state index >= 15 is 0 Å². The highest BCUT2D eigenvalue weighted by atomic mass is 16.5. The van der Waals surface area contributed by atoms with Gasteiger partial charge in [0, 0.05) is 36.9 Å². The number of pyridine rings is 1. The van der Waals surface area contributed by atoms with Crippen LogP contribution < -0.4 is 4.74 Å². The molecule has 1 amide bonds. The van der Waals surface area contributed by atoms with E-state index in [1.807, 2.05) is 49.4 Å². The molecule has 0 saturated heterocycles. The summed E-state index contributed by atoms with van der Waals surface area (Å²) in [7, 11) is 1.64. The molecule has 0 spiro atoms. The lowest BCUT2D eigenvalue weighted by Crippen LogP contribution is -2.31. The number of nitrogens with zero attached hydrogens (tertiary/aromatic N) is 4. The maximum atomic E-state index is 13.8. The molecule has 176 valence electrons. The van der Waals surface area contributed by atoms with E-state index in [1.165, 1.54) is 5.56 Å². The molecule has 0 atom stereocenters. The van der Waals surface area contributed by atoms with Crippen molar-refractivity contribution in [1.29, 1.82) is 5.26 Å². The van der Waals surface area contributed by atoms with Gasteiger partial charge in [-0.25, -0.2) is 0 Å². The molecule has 35 heavy (non-hydrogen) atoms. The first-order valence-electron chi connectivity index (χ1n) is 11.5. The van der Waals surface area contributed by atoms with Crippen molar-refractivity contribution in [1.82, 2.24) is 14.5 Å². The van der Waals surface area contributed by atoms with E-state index in [0.717, 1.165) is 34.0 Å². The number of methoxy groups -OCH3 is 1. The van der Waals surface area contributed by atoms with Crippen LogP contribution in [0.25, 0.3) is 16.9 Å². The van der Waals surface area contributed by atoms with Crippen LogP contribution in [0.3, 0.4) is 0 Å². The Morgan fingerprint density at radius 2 is 1.83 bits per heavy atom. The van der Waals surface area contributed by atoms with Gasteiger partial charge < -0.3 is 14.2 Å². The summed E-state index contributed by atoms with van der Waals surface area (Å²) >= 11 is 0. The highest BCUT2D eigenvalue weighted by Gasteiger charge is 2.24. The van der Waals surface area contributed by atoms with Crippen LogP contribution in [-0.2, 0) is 6.54 Å². The molecule has 4 rings (SSSR count). The Bertz CT molecular complexity index is 1330. The van der Waals surface area contributed by atoms with Gasteiger partial charge in [-0.15, -0.1) is 0 Å². The average molecular weight is 465 g/mol. The van der Waals surface area contributed by atoms with E-state index in [0.29, 0.717) is 18.7 Å². The number of carbonyl (C=O) groups excluding carboxylic acids is 1. The Morgan fingerprint density at radius 3 is 2.46 bits per heavy atom. The lowest BCUT2D eigenvalue weighted by molar-refractivity contribution is 0.0746. The molecule has 2 heterocycles. The molecule has 0 unspecified atom stereocenters. The predicted molar refractivity (Wildman–Crippen MR) is 136 cm³/mol. The minimum Gasteiger partial charge on any atom is -0.497 e. The third-order valence-corrected chi connectivity index (χ3v) is 6.03. The van der Waals surface area contributed by atoms with Crippen molar-refractivity contribution in [3.63, 3.8) is 0 Å². The third-order valence-electron chi connectivity index (χ3n) is 6.03. The Labute approximate surface area is 206 Å². The molecular weight excluding hydrogens is 436 g/mol. The van der Waals surface area contributed by atoms with Gasteiger partial charge in [0.2, 0.25) is 0 Å². The molecule has 6 heteroatoms. The molecule has 4 aromatic rings. The van der Waals surface area contributed by atoms with E-state index in [4.69, 9.17) is 4.74 Å². The summed E-state index contributed by atoms with van der Waals surface area (Å²) in [6, 6.07) is 24.0. The van der Waals surface area contributed by atoms with Crippen LogP contribution in [-0.4, -0.2) is 34.0 Å². The fourth-order valence-corrected chi connectivity index (χ4v) is 4.14. The van der Waals surface area contributed by atoms with E-state index in [1.54, 1.807) is 24.4 Å². The van der Waals surface area contributed by atoms with Crippen molar-refractivity contribution in [2.24, 2.45) is 0 Å². The smallest absolute Gasteiger partial charge is 0.256 e. The SMILES string of the molecule is COc1ccc(-c2cc(C(=O)N(CCC#N)Cc3cccnc3)c(C)n2-c2ccc(C)cc2)cc1. The quantitative estimate of drug-likeness (QED) is 0.334. The van der Waals surface area contributed by atoms with Crippen LogP contribution in [0.15, 0.2) is 79.1 Å². The number of nitriles is 1. The highest BCUT2D eigenvalue weighted by Crippen LogP contribution is 2.31. The minimum absolute atomic E-state index is 0.109. The van der Waals surface area contributed by atoms with Gasteiger partial charge in [0.25, 0.3) is 5.91 Å². The van der Waals surface area contributed by atoms with Gasteiger partial charge in [-0.2, -0.15) is 5.26 Å². The largest absolute Gasteiger partial charge is 0.497 e. The summed E-state index contributed by atoms with van der Waals surface area (Å²) in [6.45, 7) is 4.75. The van der Waals surface area contributed by atoms with Gasteiger partial charge in [0.15, 0.2) is 0 Å². The van der Waals surface area contributed by atoms with Crippen LogP contribution in [0.1, 0.15) is 33.6 Å². The molecule has 0 bridgehead atoms. The summed E-state index contributed by atoms with van der Waals surface area (Å²) in [5.41, 5.74) is 6.41. The second kappa shape index (κ2) is 10.7. The van der Waals surface area contributed by atoms with Crippen molar-refractivity contribution in [2.75, 3.05) is 13.7 Å². The van der Waals surface area contributed by atoms with Crippen LogP contribution in [0.5, 0.6) is 5.75 Å². The van der Waals surface area contributed by atoms with Crippen molar-refractivity contribution >= 4 is 5.91 Å². The van der Waals surface area contributed by atoms with Crippen molar-refractivity contribution < 1.29 is 9.53 Å². The van der Waals surface area contributed by atoms with Crippen LogP contribution in [0.4, 0.5) is 0 Å². The number of aryl methyl sites for hydroxylation is 1. The maximum Gasteiger partial charge on any atom is 0.256 e. The molecule has 2 aromatic carbocycles. The number of hydrogen-bond donors (Lipinski definition) is 0. The van der Waals surface area contributed by atoms with E-state index < -0.39 is 0 Å². The number of hydrogen-bond acceptors (Lipinski definition) is 4. The lowest BCUT2D eigenvalue weighted by atomic mass is 10.1. The zero-order valence-corrected chi connectivity index (χ0v) is 20.2. The average Bonchev–Trinajstić information content (AvgIpc) is 3.24. The van der Waals surface area contributed by atoms with Crippen LogP contribution in [0, 0.1) is 25.2 Å². The second-order valence-electron chi connectivity index (χ2n) is 8.42. The monoisotopic (exact) mass is 464 g/mol. The van der Waals surface area contributed by atoms with Gasteiger partial charge in [0.1, 0.15) is 5.75 Å². The number of rotatable bonds is 8. The highest BCUT2D eigenvalue weighted by molar-refractivity contribution is 5.97. The van der Waals surface area contributed by atoms with Gasteiger partial charge >= 0.3 is 0 Å². The number of aromatic nitrogens is 2. The molecule has 0 aliphatic carbocycles. The lowest BCUT2D eigenvalue weighted by Gasteiger charge is -2.22. The van der Waals surface area contributed by atoms with E-state index in [-0.39, 0.29) is 12.3 Å². The number of ether oxygens (including phenoxy) is 1. The molecule has 0 aliphatic heterocycles. The summed E-state index contributed by atoms with van der Waals surface area (Å²) in [5.74, 6) is 0.664. The van der Waals surface area contributed by atoms with Gasteiger partial charge in [-0.3, -0.25) is 9.78 Å². The molecule has 0 N–H and O–H groups in total. The second-order valence-corrected chi connectivity index (χ2v) is 8.42. The molecular formula is C29H28N4O2. The molecule has 0 aliphatic rings. The van der Waals surface area contributed by atoms with Crippen molar-refractivity contribution in [2.45, 2.75) is 26.8 Å². The normalized spacial score (nSPS) is 10.6. The van der Waals surface area contributed by atoms with Gasteiger partial charge in [-0.1, -0.05) is 23.8 Å². The Balaban J connectivity index is 1.80. The zero-order chi connectivity index (χ0) is 24.8. The maximum absolute atomic E-state index is 13.8. The minimum atomic E-state index is -0.109. The van der Waals surface area contributed by atoms with E-state index in [2.05, 4.69) is 46.8 Å². The Morgan fingerprint density at radius 1 is 1.09 bits per heavy atom. The topological polar surface area (TPSA) is 71.2 Å². The van der Waals surface area contributed by atoms with Gasteiger partial charge in [-0.05, 0) is 73.5 Å². The Kier molecular flexibility index (Phi) is 7.27. The van der Waals surface area contributed by atoms with Crippen molar-refractivity contribution in [3.05, 3.63) is 102 Å².